The Morgan fingerprint density at radius 3 is 2.73 bits per heavy atom. The predicted octanol–water partition coefficient (Wildman–Crippen LogP) is 2.36. The smallest absolute Gasteiger partial charge is 0.222 e. The number of aliphatic imine (C=N–C) groups is 1. The number of anilines is 1. The van der Waals surface area contributed by atoms with Crippen LogP contribution in [0.25, 0.3) is 5.69 Å². The molecule has 1 aromatic heterocycles. The number of nitrogens with zero attached hydrogens (tertiary/aromatic N) is 5. The van der Waals surface area contributed by atoms with E-state index in [-0.39, 0.29) is 35.9 Å². The van der Waals surface area contributed by atoms with Crippen molar-refractivity contribution in [2.45, 2.75) is 45.6 Å². The highest BCUT2D eigenvalue weighted by molar-refractivity contribution is 14.0. The lowest BCUT2D eigenvalue weighted by Crippen LogP contribution is -2.45. The number of aromatic nitrogens is 2. The van der Waals surface area contributed by atoms with E-state index in [1.54, 1.807) is 11.7 Å². The summed E-state index contributed by atoms with van der Waals surface area (Å²) in [5.41, 5.74) is 9.31. The number of nitrogen functional groups attached to an aromatic ring is 1. The summed E-state index contributed by atoms with van der Waals surface area (Å²) in [6.45, 7) is 6.06. The Morgan fingerprint density at radius 2 is 2.09 bits per heavy atom. The Morgan fingerprint density at radius 1 is 1.36 bits per heavy atom. The number of nitriles is 1. The van der Waals surface area contributed by atoms with Gasteiger partial charge in [0.25, 0.3) is 0 Å². The maximum atomic E-state index is 11.9. The molecule has 1 atom stereocenters. The SMILES string of the molecule is CCC(=O)N1CCC(NC(=NC)NCCCc2nn(-c3ccc(C)cc3)c(N)c2C#N)C1.I. The minimum atomic E-state index is 0. The highest BCUT2D eigenvalue weighted by atomic mass is 127. The molecule has 1 aliphatic heterocycles. The molecule has 0 saturated carbocycles. The number of nitrogens with one attached hydrogen (secondary N) is 2. The number of amides is 1. The minimum absolute atomic E-state index is 0. The maximum absolute atomic E-state index is 11.9. The van der Waals surface area contributed by atoms with Crippen molar-refractivity contribution in [3.05, 3.63) is 41.1 Å². The van der Waals surface area contributed by atoms with Crippen molar-refractivity contribution in [1.82, 2.24) is 25.3 Å². The lowest BCUT2D eigenvalue weighted by molar-refractivity contribution is -0.129. The first-order chi connectivity index (χ1) is 15.5. The van der Waals surface area contributed by atoms with Crippen molar-refractivity contribution in [3.63, 3.8) is 0 Å². The van der Waals surface area contributed by atoms with Gasteiger partial charge >= 0.3 is 0 Å². The second kappa shape index (κ2) is 12.4. The normalized spacial score (nSPS) is 15.6. The van der Waals surface area contributed by atoms with E-state index in [4.69, 9.17) is 5.73 Å². The van der Waals surface area contributed by atoms with Crippen molar-refractivity contribution in [2.75, 3.05) is 32.4 Å². The highest BCUT2D eigenvalue weighted by Gasteiger charge is 2.25. The fourth-order valence-electron chi connectivity index (χ4n) is 3.84. The van der Waals surface area contributed by atoms with E-state index in [9.17, 15) is 10.1 Å². The quantitative estimate of drug-likeness (QED) is 0.205. The molecule has 9 nitrogen and oxygen atoms in total. The van der Waals surface area contributed by atoms with E-state index in [2.05, 4.69) is 26.8 Å². The molecule has 10 heteroatoms. The summed E-state index contributed by atoms with van der Waals surface area (Å²) < 4.78 is 1.63. The van der Waals surface area contributed by atoms with Crippen LogP contribution in [0.3, 0.4) is 0 Å². The zero-order valence-electron chi connectivity index (χ0n) is 19.5. The van der Waals surface area contributed by atoms with Gasteiger partial charge in [-0.2, -0.15) is 10.4 Å². The molecule has 33 heavy (non-hydrogen) atoms. The Hall–Kier alpha value is -2.81. The predicted molar refractivity (Wildman–Crippen MR) is 141 cm³/mol. The standard InChI is InChI=1S/C23H32N8O.HI/c1-4-21(32)30-13-11-17(15-30)28-23(26-3)27-12-5-6-20-19(14-24)22(25)31(29-20)18-9-7-16(2)8-10-18;/h7-10,17H,4-6,11-13,15,25H2,1-3H3,(H2,26,27,28);1H. The van der Waals surface area contributed by atoms with Gasteiger partial charge in [-0.15, -0.1) is 24.0 Å². The fourth-order valence-corrected chi connectivity index (χ4v) is 3.84. The van der Waals surface area contributed by atoms with E-state index in [1.807, 2.05) is 43.0 Å². The Bertz CT molecular complexity index is 1010. The topological polar surface area (TPSA) is 124 Å². The number of aryl methyl sites for hydroxylation is 2. The summed E-state index contributed by atoms with van der Waals surface area (Å²) in [5, 5.41) is 20.9. The number of guanidine groups is 1. The molecular formula is C23H33IN8O. The van der Waals surface area contributed by atoms with Gasteiger partial charge in [-0.25, -0.2) is 4.68 Å². The molecular weight excluding hydrogens is 531 g/mol. The van der Waals surface area contributed by atoms with Crippen LogP contribution >= 0.6 is 24.0 Å². The average molecular weight is 564 g/mol. The molecule has 3 rings (SSSR count). The number of carbonyl (C=O) groups is 1. The van der Waals surface area contributed by atoms with Gasteiger partial charge in [0.2, 0.25) is 5.91 Å². The number of nitrogens with two attached hydrogens (primary N) is 1. The third-order valence-electron chi connectivity index (χ3n) is 5.67. The van der Waals surface area contributed by atoms with Crippen molar-refractivity contribution in [3.8, 4) is 11.8 Å². The van der Waals surface area contributed by atoms with Gasteiger partial charge in [0.15, 0.2) is 5.96 Å². The zero-order chi connectivity index (χ0) is 23.1. The molecule has 1 saturated heterocycles. The van der Waals surface area contributed by atoms with Crippen molar-refractivity contribution in [2.24, 2.45) is 4.99 Å². The Labute approximate surface area is 212 Å². The molecule has 1 fully saturated rings. The lowest BCUT2D eigenvalue weighted by Gasteiger charge is -2.18. The van der Waals surface area contributed by atoms with Crippen LogP contribution < -0.4 is 16.4 Å². The minimum Gasteiger partial charge on any atom is -0.382 e. The molecule has 178 valence electrons. The first-order valence-electron chi connectivity index (χ1n) is 11.1. The number of likely N-dealkylation sites (tertiary alicyclic amines) is 1. The lowest BCUT2D eigenvalue weighted by atomic mass is 10.1. The zero-order valence-corrected chi connectivity index (χ0v) is 21.8. The van der Waals surface area contributed by atoms with Gasteiger partial charge in [0.05, 0.1) is 11.4 Å². The van der Waals surface area contributed by atoms with Crippen LogP contribution in [0.5, 0.6) is 0 Å². The van der Waals surface area contributed by atoms with Gasteiger partial charge in [-0.3, -0.25) is 9.79 Å². The Balaban J connectivity index is 0.00000385. The first kappa shape index (κ1) is 26.4. The van der Waals surface area contributed by atoms with E-state index < -0.39 is 0 Å². The molecule has 1 unspecified atom stereocenters. The van der Waals surface area contributed by atoms with Gasteiger partial charge < -0.3 is 21.3 Å². The van der Waals surface area contributed by atoms with Crippen LogP contribution in [0.2, 0.25) is 0 Å². The van der Waals surface area contributed by atoms with Crippen molar-refractivity contribution < 1.29 is 4.79 Å². The number of halogens is 1. The van der Waals surface area contributed by atoms with E-state index in [1.165, 1.54) is 0 Å². The number of rotatable bonds is 7. The van der Waals surface area contributed by atoms with Gasteiger partial charge in [-0.1, -0.05) is 24.6 Å². The molecule has 0 bridgehead atoms. The summed E-state index contributed by atoms with van der Waals surface area (Å²) in [7, 11) is 1.73. The molecule has 1 aromatic carbocycles. The van der Waals surface area contributed by atoms with Crippen LogP contribution in [0.15, 0.2) is 29.3 Å². The molecule has 0 spiro atoms. The molecule has 1 aliphatic rings. The van der Waals surface area contributed by atoms with E-state index in [0.29, 0.717) is 49.0 Å². The third kappa shape index (κ3) is 6.60. The number of benzene rings is 1. The van der Waals surface area contributed by atoms with Gasteiger partial charge in [0.1, 0.15) is 17.5 Å². The van der Waals surface area contributed by atoms with Gasteiger partial charge in [-0.05, 0) is 38.3 Å². The molecule has 2 aromatic rings. The molecule has 4 N–H and O–H groups in total. The first-order valence-corrected chi connectivity index (χ1v) is 11.1. The highest BCUT2D eigenvalue weighted by Crippen LogP contribution is 2.21. The number of hydrogen-bond acceptors (Lipinski definition) is 5. The Kier molecular flexibility index (Phi) is 9.96. The maximum Gasteiger partial charge on any atom is 0.222 e. The summed E-state index contributed by atoms with van der Waals surface area (Å²) in [6, 6.07) is 10.3. The summed E-state index contributed by atoms with van der Waals surface area (Å²) in [6.07, 6.45) is 2.84. The monoisotopic (exact) mass is 564 g/mol. The van der Waals surface area contributed by atoms with Crippen molar-refractivity contribution in [1.29, 1.82) is 5.26 Å². The molecule has 0 aliphatic carbocycles. The van der Waals surface area contributed by atoms with Crippen LogP contribution in [-0.4, -0.2) is 59.3 Å². The molecule has 0 radical (unpaired) electrons. The van der Waals surface area contributed by atoms with E-state index in [0.717, 1.165) is 30.6 Å². The second-order valence-electron chi connectivity index (χ2n) is 7.99. The fraction of sp³-hybridized carbons (Fsp3) is 0.478. The van der Waals surface area contributed by atoms with Crippen LogP contribution in [-0.2, 0) is 11.2 Å². The van der Waals surface area contributed by atoms with Crippen molar-refractivity contribution >= 4 is 41.7 Å². The van der Waals surface area contributed by atoms with Crippen LogP contribution in [0.1, 0.15) is 43.0 Å². The molecule has 1 amide bonds. The summed E-state index contributed by atoms with van der Waals surface area (Å²) in [5.74, 6) is 1.27. The van der Waals surface area contributed by atoms with E-state index >= 15 is 0 Å². The van der Waals surface area contributed by atoms with Crippen LogP contribution in [0, 0.1) is 18.3 Å². The number of carbonyl (C=O) groups excluding carboxylic acids is 1. The van der Waals surface area contributed by atoms with Gasteiger partial charge in [0, 0.05) is 39.1 Å². The van der Waals surface area contributed by atoms with Crippen LogP contribution in [0.4, 0.5) is 5.82 Å². The average Bonchev–Trinajstić information content (AvgIpc) is 3.40. The second-order valence-corrected chi connectivity index (χ2v) is 7.99. The molecule has 2 heterocycles. The summed E-state index contributed by atoms with van der Waals surface area (Å²) in [4.78, 5) is 18.0. The largest absolute Gasteiger partial charge is 0.382 e. The number of hydrogen-bond donors (Lipinski definition) is 3. The third-order valence-corrected chi connectivity index (χ3v) is 5.67. The summed E-state index contributed by atoms with van der Waals surface area (Å²) >= 11 is 0.